The molecular weight excluding hydrogens is 649 g/mol. The number of carbonyl (C=O) groups excluding carboxylic acids is 1. The zero-order chi connectivity index (χ0) is 28.9. The summed E-state index contributed by atoms with van der Waals surface area (Å²) in [6.45, 7) is 6.08. The molecule has 2 rings (SSSR count). The van der Waals surface area contributed by atoms with Gasteiger partial charge in [-0.15, -0.1) is 0 Å². The van der Waals surface area contributed by atoms with Crippen molar-refractivity contribution in [1.82, 2.24) is 2.53 Å². The third kappa shape index (κ3) is 9.89. The Kier molecular flexibility index (Phi) is 14.6. The molecule has 2 N–H and O–H groups in total. The average Bonchev–Trinajstić information content (AvgIpc) is 2.91. The van der Waals surface area contributed by atoms with Crippen LogP contribution in [-0.2, 0) is 14.8 Å². The summed E-state index contributed by atoms with van der Waals surface area (Å²) in [5, 5.41) is 0. The van der Waals surface area contributed by atoms with Crippen LogP contribution in [0.25, 0.3) is 0 Å². The Morgan fingerprint density at radius 2 is 1.46 bits per heavy atom. The fourth-order valence-corrected chi connectivity index (χ4v) is 29.5. The number of nitrogens with two attached hydrogens (primary N) is 1. The van der Waals surface area contributed by atoms with Gasteiger partial charge in [0.05, 0.1) is 0 Å². The molecule has 6 nitrogen and oxygen atoms in total. The van der Waals surface area contributed by atoms with Gasteiger partial charge in [0, 0.05) is 0 Å². The maximum absolute atomic E-state index is 14.5. The molecule has 2 aromatic rings. The molecular formula is C28H42F2N2O4S2Sn. The Morgan fingerprint density at radius 1 is 0.949 bits per heavy atom. The third-order valence-electron chi connectivity index (χ3n) is 6.74. The van der Waals surface area contributed by atoms with E-state index in [9.17, 15) is 22.0 Å². The zero-order valence-corrected chi connectivity index (χ0v) is 27.7. The first-order valence-electron chi connectivity index (χ1n) is 13.7. The van der Waals surface area contributed by atoms with Crippen LogP contribution in [-0.4, -0.2) is 54.4 Å². The number of ether oxygens (including phenoxy) is 1. The molecule has 11 heteroatoms. The van der Waals surface area contributed by atoms with Gasteiger partial charge >= 0.3 is 242 Å². The summed E-state index contributed by atoms with van der Waals surface area (Å²) in [7, 11) is -3.74. The van der Waals surface area contributed by atoms with E-state index in [1.165, 1.54) is 11.8 Å². The minimum atomic E-state index is -3.74. The van der Waals surface area contributed by atoms with Crippen LogP contribution >= 0.6 is 11.8 Å². The van der Waals surface area contributed by atoms with Crippen molar-refractivity contribution in [3.8, 4) is 5.75 Å². The van der Waals surface area contributed by atoms with Crippen LogP contribution in [0.1, 0.15) is 59.3 Å². The number of benzene rings is 2. The second kappa shape index (κ2) is 16.8. The Labute approximate surface area is 241 Å². The summed E-state index contributed by atoms with van der Waals surface area (Å²) < 4.78 is 67.1. The van der Waals surface area contributed by atoms with E-state index >= 15 is 0 Å². The van der Waals surface area contributed by atoms with Gasteiger partial charge in [0.15, 0.2) is 0 Å². The molecule has 218 valence electrons. The number of carbonyl (C=O) groups is 1. The van der Waals surface area contributed by atoms with Gasteiger partial charge in [-0.05, 0) is 0 Å². The average molecular weight is 691 g/mol. The van der Waals surface area contributed by atoms with Crippen molar-refractivity contribution in [2.75, 3.05) is 18.9 Å². The fraction of sp³-hybridized carbons (Fsp3) is 0.536. The van der Waals surface area contributed by atoms with E-state index < -0.39 is 58.6 Å². The predicted molar refractivity (Wildman–Crippen MR) is 157 cm³/mol. The van der Waals surface area contributed by atoms with Crippen molar-refractivity contribution in [1.29, 1.82) is 0 Å². The van der Waals surface area contributed by atoms with Gasteiger partial charge in [-0.3, -0.25) is 0 Å². The third-order valence-corrected chi connectivity index (χ3v) is 28.6. The Balaban J connectivity index is 2.42. The van der Waals surface area contributed by atoms with E-state index in [1.807, 2.05) is 2.53 Å². The van der Waals surface area contributed by atoms with Crippen molar-refractivity contribution >= 4 is 46.3 Å². The number of hydrogen-bond acceptors (Lipinski definition) is 5. The van der Waals surface area contributed by atoms with Crippen LogP contribution in [0.5, 0.6) is 5.75 Å². The minimum absolute atomic E-state index is 0.290. The molecule has 0 unspecified atom stereocenters. The van der Waals surface area contributed by atoms with E-state index in [4.69, 9.17) is 10.5 Å². The second-order valence-corrected chi connectivity index (χ2v) is 26.5. The van der Waals surface area contributed by atoms with E-state index in [1.54, 1.807) is 30.3 Å². The number of thioether (sulfide) groups is 1. The number of nitrogens with zero attached hydrogens (tertiary/aromatic N) is 1. The summed E-state index contributed by atoms with van der Waals surface area (Å²) in [6.07, 6.45) is 6.02. The monoisotopic (exact) mass is 692 g/mol. The van der Waals surface area contributed by atoms with Crippen LogP contribution in [0.3, 0.4) is 0 Å². The Hall–Kier alpha value is -1.37. The summed E-state index contributed by atoms with van der Waals surface area (Å²) in [5.74, 6) is -3.00. The van der Waals surface area contributed by atoms with Gasteiger partial charge in [-0.2, -0.15) is 0 Å². The molecule has 0 aliphatic rings. The quantitative estimate of drug-likeness (QED) is 0.127. The van der Waals surface area contributed by atoms with Gasteiger partial charge < -0.3 is 0 Å². The second-order valence-electron chi connectivity index (χ2n) is 9.74. The maximum atomic E-state index is 14.5. The van der Waals surface area contributed by atoms with Crippen LogP contribution in [0, 0.1) is 11.6 Å². The van der Waals surface area contributed by atoms with E-state index in [0.29, 0.717) is 15.5 Å². The molecule has 0 fully saturated rings. The van der Waals surface area contributed by atoms with Crippen LogP contribution < -0.4 is 10.5 Å². The number of sulfonamides is 1. The van der Waals surface area contributed by atoms with Crippen molar-refractivity contribution < 1.29 is 26.7 Å². The summed E-state index contributed by atoms with van der Waals surface area (Å²) in [6, 6.07) is 10.9. The Bertz CT molecular complexity index is 1110. The first kappa shape index (κ1) is 33.8. The number of hydrogen-bond donors (Lipinski definition) is 1. The van der Waals surface area contributed by atoms with Crippen LogP contribution in [0.2, 0.25) is 13.3 Å². The van der Waals surface area contributed by atoms with Crippen molar-refractivity contribution in [3.05, 3.63) is 54.1 Å². The number of amides is 1. The molecule has 0 saturated heterocycles. The fourth-order valence-electron chi connectivity index (χ4n) is 4.75. The number of primary amides is 1. The SMILES string of the molecule is CCC[CH2][Sn]([CH2]CCC)([CH2]CCC)[N](CCSc1cc(F)c(OCC(N)=O)c(F)c1)S(=O)(=O)c1ccccc1. The number of halogens is 2. The topological polar surface area (TPSA) is 89.7 Å². The normalized spacial score (nSPS) is 12.2. The van der Waals surface area contributed by atoms with Crippen molar-refractivity contribution in [3.63, 3.8) is 0 Å². The van der Waals surface area contributed by atoms with Gasteiger partial charge in [0.25, 0.3) is 0 Å². The molecule has 2 aromatic carbocycles. The molecule has 0 bridgehead atoms. The Morgan fingerprint density at radius 3 is 1.92 bits per heavy atom. The van der Waals surface area contributed by atoms with Gasteiger partial charge in [0.2, 0.25) is 0 Å². The van der Waals surface area contributed by atoms with E-state index in [2.05, 4.69) is 20.8 Å². The first-order valence-corrected chi connectivity index (χ1v) is 23.5. The summed E-state index contributed by atoms with van der Waals surface area (Å²) in [5.41, 5.74) is 5.01. The molecule has 0 atom stereocenters. The predicted octanol–water partition coefficient (Wildman–Crippen LogP) is 6.96. The van der Waals surface area contributed by atoms with E-state index in [-0.39, 0.29) is 6.54 Å². The molecule has 0 spiro atoms. The molecule has 0 heterocycles. The van der Waals surface area contributed by atoms with Crippen molar-refractivity contribution in [2.24, 2.45) is 5.73 Å². The van der Waals surface area contributed by atoms with Crippen molar-refractivity contribution in [2.45, 2.75) is 82.4 Å². The van der Waals surface area contributed by atoms with Crippen LogP contribution in [0.15, 0.2) is 52.3 Å². The van der Waals surface area contributed by atoms with E-state index in [0.717, 1.165) is 64.0 Å². The first-order chi connectivity index (χ1) is 18.6. The molecule has 0 saturated carbocycles. The molecule has 39 heavy (non-hydrogen) atoms. The standard InChI is InChI=1S/C16H15F2N2O4S2.3C4H9.Sn/c17-13-8-11(9-14(18)16(13)24-10-15(19)21)25-7-6-20-26(22,23)12-4-2-1-3-5-12;3*1-3-4-2;/h1-5,8-9H,6-7,10H2,(H2,19,21);3*1,3-4H2,2H3;/q-1;;;;+1. The molecule has 0 aliphatic heterocycles. The molecule has 1 amide bonds. The molecule has 0 radical (unpaired) electrons. The van der Waals surface area contributed by atoms with Gasteiger partial charge in [-0.25, -0.2) is 0 Å². The molecule has 0 aliphatic carbocycles. The summed E-state index contributed by atoms with van der Waals surface area (Å²) in [4.78, 5) is 11.6. The summed E-state index contributed by atoms with van der Waals surface area (Å²) >= 11 is -2.26. The van der Waals surface area contributed by atoms with Gasteiger partial charge in [0.1, 0.15) is 0 Å². The number of rotatable bonds is 19. The molecule has 0 aromatic heterocycles. The van der Waals surface area contributed by atoms with Crippen LogP contribution in [0.4, 0.5) is 8.78 Å². The van der Waals surface area contributed by atoms with Gasteiger partial charge in [-0.1, -0.05) is 0 Å². The zero-order valence-electron chi connectivity index (χ0n) is 23.3. The number of unbranched alkanes of at least 4 members (excludes halogenated alkanes) is 3.